The Morgan fingerprint density at radius 2 is 1.59 bits per heavy atom. The Morgan fingerprint density at radius 3 is 2.17 bits per heavy atom. The zero-order valence-electron chi connectivity index (χ0n) is 17.0. The Labute approximate surface area is 176 Å². The number of para-hydroxylation sites is 1. The molecule has 0 aromatic heterocycles. The predicted octanol–water partition coefficient (Wildman–Crippen LogP) is 3.83. The van der Waals surface area contributed by atoms with E-state index >= 15 is 0 Å². The van der Waals surface area contributed by atoms with Crippen LogP contribution in [0, 0.1) is 5.92 Å². The molecule has 29 heavy (non-hydrogen) atoms. The Bertz CT molecular complexity index is 879. The van der Waals surface area contributed by atoms with Gasteiger partial charge in [0.15, 0.2) is 0 Å². The average molecular weight is 416 g/mol. The summed E-state index contributed by atoms with van der Waals surface area (Å²) >= 11 is 5.86. The number of benzene rings is 2. The molecule has 0 heterocycles. The fraction of sp³-hybridized carbons (Fsp3) is 0.318. The third-order valence-corrected chi connectivity index (χ3v) is 4.53. The van der Waals surface area contributed by atoms with E-state index in [2.05, 4.69) is 10.6 Å². The van der Waals surface area contributed by atoms with Gasteiger partial charge in [-0.05, 0) is 48.7 Å². The van der Waals surface area contributed by atoms with Crippen LogP contribution in [0.5, 0.6) is 0 Å². The van der Waals surface area contributed by atoms with Crippen molar-refractivity contribution < 1.29 is 14.4 Å². The van der Waals surface area contributed by atoms with Crippen LogP contribution >= 0.6 is 11.6 Å². The molecule has 2 aromatic carbocycles. The SMILES string of the molecule is CC(C)CC(NC(=O)c1ccccc1NC(=O)c1ccc(Cl)cc1)C(=O)N(C)C. The molecule has 1 atom stereocenters. The smallest absolute Gasteiger partial charge is 0.255 e. The number of carbonyl (C=O) groups is 3. The summed E-state index contributed by atoms with van der Waals surface area (Å²) < 4.78 is 0. The molecular weight excluding hydrogens is 390 g/mol. The minimum atomic E-state index is -0.641. The number of rotatable bonds is 7. The van der Waals surface area contributed by atoms with Gasteiger partial charge in [0.1, 0.15) is 6.04 Å². The third kappa shape index (κ3) is 6.32. The minimum absolute atomic E-state index is 0.172. The number of amides is 3. The van der Waals surface area contributed by atoms with E-state index in [1.807, 2.05) is 13.8 Å². The lowest BCUT2D eigenvalue weighted by molar-refractivity contribution is -0.131. The van der Waals surface area contributed by atoms with Crippen molar-refractivity contribution in [2.45, 2.75) is 26.3 Å². The van der Waals surface area contributed by atoms with E-state index in [4.69, 9.17) is 11.6 Å². The molecular formula is C22H26ClN3O3. The highest BCUT2D eigenvalue weighted by Gasteiger charge is 2.25. The maximum Gasteiger partial charge on any atom is 0.255 e. The highest BCUT2D eigenvalue weighted by Crippen LogP contribution is 2.18. The van der Waals surface area contributed by atoms with Gasteiger partial charge in [-0.25, -0.2) is 0 Å². The Kier molecular flexibility index (Phi) is 7.79. The van der Waals surface area contributed by atoms with Gasteiger partial charge < -0.3 is 15.5 Å². The van der Waals surface area contributed by atoms with Crippen molar-refractivity contribution in [2.75, 3.05) is 19.4 Å². The second kappa shape index (κ2) is 10.1. The molecule has 0 radical (unpaired) electrons. The molecule has 2 N–H and O–H groups in total. The first kappa shape index (κ1) is 22.4. The van der Waals surface area contributed by atoms with Crippen LogP contribution in [0.2, 0.25) is 5.02 Å². The molecule has 0 bridgehead atoms. The molecule has 1 unspecified atom stereocenters. The van der Waals surface area contributed by atoms with Crippen LogP contribution in [0.4, 0.5) is 5.69 Å². The van der Waals surface area contributed by atoms with E-state index in [1.54, 1.807) is 62.6 Å². The summed E-state index contributed by atoms with van der Waals surface area (Å²) in [6.07, 6.45) is 0.516. The van der Waals surface area contributed by atoms with Gasteiger partial charge >= 0.3 is 0 Å². The second-order valence-electron chi connectivity index (χ2n) is 7.39. The van der Waals surface area contributed by atoms with Crippen LogP contribution in [-0.4, -0.2) is 42.8 Å². The molecule has 0 aliphatic heterocycles. The van der Waals surface area contributed by atoms with Crippen LogP contribution in [0.3, 0.4) is 0 Å². The van der Waals surface area contributed by atoms with E-state index in [1.165, 1.54) is 4.90 Å². The summed E-state index contributed by atoms with van der Waals surface area (Å²) in [7, 11) is 3.31. The first-order valence-electron chi connectivity index (χ1n) is 9.37. The van der Waals surface area contributed by atoms with Gasteiger partial charge in [-0.15, -0.1) is 0 Å². The molecule has 0 saturated heterocycles. The number of nitrogens with zero attached hydrogens (tertiary/aromatic N) is 1. The summed E-state index contributed by atoms with van der Waals surface area (Å²) in [5, 5.41) is 6.09. The summed E-state index contributed by atoms with van der Waals surface area (Å²) in [6.45, 7) is 3.98. The maximum absolute atomic E-state index is 12.9. The van der Waals surface area contributed by atoms with Crippen LogP contribution in [0.15, 0.2) is 48.5 Å². The van der Waals surface area contributed by atoms with Gasteiger partial charge in [-0.2, -0.15) is 0 Å². The Morgan fingerprint density at radius 1 is 0.966 bits per heavy atom. The largest absolute Gasteiger partial charge is 0.347 e. The molecule has 0 saturated carbocycles. The predicted molar refractivity (Wildman–Crippen MR) is 115 cm³/mol. The van der Waals surface area contributed by atoms with Gasteiger partial charge in [0.05, 0.1) is 11.3 Å². The second-order valence-corrected chi connectivity index (χ2v) is 7.83. The Hall–Kier alpha value is -2.86. The van der Waals surface area contributed by atoms with Crippen molar-refractivity contribution in [1.29, 1.82) is 0 Å². The quantitative estimate of drug-likeness (QED) is 0.721. The van der Waals surface area contributed by atoms with E-state index in [-0.39, 0.29) is 23.3 Å². The van der Waals surface area contributed by atoms with Crippen LogP contribution < -0.4 is 10.6 Å². The van der Waals surface area contributed by atoms with Crippen molar-refractivity contribution in [2.24, 2.45) is 5.92 Å². The van der Waals surface area contributed by atoms with Crippen LogP contribution in [0.1, 0.15) is 41.0 Å². The number of hydrogen-bond donors (Lipinski definition) is 2. The number of likely N-dealkylation sites (N-methyl/N-ethyl adjacent to an activating group) is 1. The minimum Gasteiger partial charge on any atom is -0.347 e. The zero-order valence-corrected chi connectivity index (χ0v) is 17.8. The topological polar surface area (TPSA) is 78.5 Å². The normalized spacial score (nSPS) is 11.7. The fourth-order valence-corrected chi connectivity index (χ4v) is 2.95. The van der Waals surface area contributed by atoms with Crippen LogP contribution in [-0.2, 0) is 4.79 Å². The summed E-state index contributed by atoms with van der Waals surface area (Å²) in [6, 6.07) is 12.5. The number of hydrogen-bond acceptors (Lipinski definition) is 3. The fourth-order valence-electron chi connectivity index (χ4n) is 2.83. The lowest BCUT2D eigenvalue weighted by Gasteiger charge is -2.23. The third-order valence-electron chi connectivity index (χ3n) is 4.28. The molecule has 0 aliphatic carbocycles. The number of anilines is 1. The number of nitrogens with one attached hydrogen (secondary N) is 2. The van der Waals surface area contributed by atoms with Gasteiger partial charge in [-0.3, -0.25) is 14.4 Å². The lowest BCUT2D eigenvalue weighted by atomic mass is 10.0. The maximum atomic E-state index is 12.9. The molecule has 3 amide bonds. The van der Waals surface area contributed by atoms with Crippen molar-refractivity contribution in [1.82, 2.24) is 10.2 Å². The number of carbonyl (C=O) groups excluding carboxylic acids is 3. The van der Waals surface area contributed by atoms with Crippen molar-refractivity contribution in [3.63, 3.8) is 0 Å². The van der Waals surface area contributed by atoms with Crippen molar-refractivity contribution >= 4 is 35.0 Å². The standard InChI is InChI=1S/C22H26ClN3O3/c1-14(2)13-19(22(29)26(3)4)25-21(28)17-7-5-6-8-18(17)24-20(27)15-9-11-16(23)12-10-15/h5-12,14,19H,13H2,1-4H3,(H,24,27)(H,25,28). The summed E-state index contributed by atoms with van der Waals surface area (Å²) in [5.74, 6) is -0.721. The monoisotopic (exact) mass is 415 g/mol. The summed E-state index contributed by atoms with van der Waals surface area (Å²) in [5.41, 5.74) is 1.07. The Balaban J connectivity index is 2.21. The van der Waals surface area contributed by atoms with Crippen molar-refractivity contribution in [3.05, 3.63) is 64.7 Å². The van der Waals surface area contributed by atoms with E-state index in [0.717, 1.165) is 0 Å². The van der Waals surface area contributed by atoms with E-state index in [0.29, 0.717) is 22.7 Å². The van der Waals surface area contributed by atoms with E-state index in [9.17, 15) is 14.4 Å². The molecule has 2 aromatic rings. The molecule has 6 nitrogen and oxygen atoms in total. The lowest BCUT2D eigenvalue weighted by Crippen LogP contribution is -2.47. The van der Waals surface area contributed by atoms with Gasteiger partial charge in [-0.1, -0.05) is 37.6 Å². The molecule has 0 spiro atoms. The summed E-state index contributed by atoms with van der Waals surface area (Å²) in [4.78, 5) is 39.3. The zero-order chi connectivity index (χ0) is 21.6. The molecule has 7 heteroatoms. The molecule has 0 aliphatic rings. The molecule has 0 fully saturated rings. The van der Waals surface area contributed by atoms with Gasteiger partial charge in [0, 0.05) is 24.7 Å². The molecule has 154 valence electrons. The first-order chi connectivity index (χ1) is 13.7. The highest BCUT2D eigenvalue weighted by atomic mass is 35.5. The number of halogens is 1. The van der Waals surface area contributed by atoms with Gasteiger partial charge in [0.2, 0.25) is 5.91 Å². The van der Waals surface area contributed by atoms with Crippen LogP contribution in [0.25, 0.3) is 0 Å². The van der Waals surface area contributed by atoms with Gasteiger partial charge in [0.25, 0.3) is 11.8 Å². The highest BCUT2D eigenvalue weighted by molar-refractivity contribution is 6.30. The first-order valence-corrected chi connectivity index (χ1v) is 9.74. The van der Waals surface area contributed by atoms with E-state index < -0.39 is 11.9 Å². The average Bonchev–Trinajstić information content (AvgIpc) is 2.67. The molecule has 2 rings (SSSR count). The van der Waals surface area contributed by atoms with Crippen molar-refractivity contribution in [3.8, 4) is 0 Å².